The molecule has 0 aliphatic carbocycles. The molecule has 1 aliphatic rings. The van der Waals surface area contributed by atoms with Gasteiger partial charge in [0.15, 0.2) is 0 Å². The number of hydrogen-bond acceptors (Lipinski definition) is 4. The number of nitrogens with zero attached hydrogens (tertiary/aromatic N) is 3. The topological polar surface area (TPSA) is 48.5 Å². The SMILES string of the molecule is Cc1cc(NC(=O)/C=C/c2ccnc3ccccc23)ccc1N1CCN(C)CC1. The van der Waals surface area contributed by atoms with Crippen molar-refractivity contribution in [2.24, 2.45) is 0 Å². The van der Waals surface area contributed by atoms with Gasteiger partial charge in [-0.1, -0.05) is 18.2 Å². The molecule has 148 valence electrons. The predicted octanol–water partition coefficient (Wildman–Crippen LogP) is 3.95. The monoisotopic (exact) mass is 386 g/mol. The lowest BCUT2D eigenvalue weighted by atomic mass is 10.1. The van der Waals surface area contributed by atoms with Gasteiger partial charge in [0.05, 0.1) is 5.52 Å². The Balaban J connectivity index is 1.44. The van der Waals surface area contributed by atoms with Crippen LogP contribution in [0.5, 0.6) is 0 Å². The van der Waals surface area contributed by atoms with Crippen LogP contribution < -0.4 is 10.2 Å². The molecule has 5 nitrogen and oxygen atoms in total. The Morgan fingerprint density at radius 1 is 1.07 bits per heavy atom. The van der Waals surface area contributed by atoms with Crippen LogP contribution in [0, 0.1) is 6.92 Å². The van der Waals surface area contributed by atoms with Gasteiger partial charge in [-0.2, -0.15) is 0 Å². The van der Waals surface area contributed by atoms with Crippen LogP contribution in [-0.4, -0.2) is 49.0 Å². The zero-order valence-corrected chi connectivity index (χ0v) is 16.9. The molecular weight excluding hydrogens is 360 g/mol. The fraction of sp³-hybridized carbons (Fsp3) is 0.250. The summed E-state index contributed by atoms with van der Waals surface area (Å²) in [7, 11) is 2.16. The van der Waals surface area contributed by atoms with Gasteiger partial charge in [0.1, 0.15) is 0 Å². The summed E-state index contributed by atoms with van der Waals surface area (Å²) in [5.41, 5.74) is 5.14. The molecule has 1 N–H and O–H groups in total. The Labute approximate surface area is 171 Å². The fourth-order valence-corrected chi connectivity index (χ4v) is 3.75. The van der Waals surface area contributed by atoms with E-state index in [-0.39, 0.29) is 5.91 Å². The number of likely N-dealkylation sites (N-methyl/N-ethyl adjacent to an activating group) is 1. The molecule has 1 aromatic heterocycles. The van der Waals surface area contributed by atoms with E-state index in [1.54, 1.807) is 12.3 Å². The number of carbonyl (C=O) groups excluding carboxylic acids is 1. The molecule has 0 radical (unpaired) electrons. The predicted molar refractivity (Wildman–Crippen MR) is 120 cm³/mol. The number of fused-ring (bicyclic) bond motifs is 1. The summed E-state index contributed by atoms with van der Waals surface area (Å²) >= 11 is 0. The van der Waals surface area contributed by atoms with Crippen molar-refractivity contribution in [1.29, 1.82) is 0 Å². The fourth-order valence-electron chi connectivity index (χ4n) is 3.75. The van der Waals surface area contributed by atoms with Crippen LogP contribution >= 0.6 is 0 Å². The molecule has 3 aromatic rings. The lowest BCUT2D eigenvalue weighted by Gasteiger charge is -2.35. The molecule has 0 spiro atoms. The summed E-state index contributed by atoms with van der Waals surface area (Å²) in [4.78, 5) is 21.5. The summed E-state index contributed by atoms with van der Waals surface area (Å²) < 4.78 is 0. The van der Waals surface area contributed by atoms with Gasteiger partial charge in [-0.15, -0.1) is 0 Å². The van der Waals surface area contributed by atoms with Crippen LogP contribution in [0.2, 0.25) is 0 Å². The smallest absolute Gasteiger partial charge is 0.248 e. The van der Waals surface area contributed by atoms with Gasteiger partial charge in [0.2, 0.25) is 5.91 Å². The number of pyridine rings is 1. The summed E-state index contributed by atoms with van der Waals surface area (Å²) in [5.74, 6) is -0.141. The van der Waals surface area contributed by atoms with E-state index in [0.717, 1.165) is 48.3 Å². The minimum atomic E-state index is -0.141. The normalized spacial score (nSPS) is 15.2. The number of amides is 1. The van der Waals surface area contributed by atoms with E-state index < -0.39 is 0 Å². The maximum atomic E-state index is 12.4. The summed E-state index contributed by atoms with van der Waals surface area (Å²) in [6.45, 7) is 6.32. The summed E-state index contributed by atoms with van der Waals surface area (Å²) in [5, 5.41) is 4.00. The highest BCUT2D eigenvalue weighted by molar-refractivity contribution is 6.03. The number of carbonyl (C=O) groups is 1. The van der Waals surface area contributed by atoms with Crippen molar-refractivity contribution in [1.82, 2.24) is 9.88 Å². The molecule has 4 rings (SSSR count). The van der Waals surface area contributed by atoms with E-state index in [2.05, 4.69) is 40.1 Å². The molecule has 1 amide bonds. The van der Waals surface area contributed by atoms with Gasteiger partial charge < -0.3 is 15.1 Å². The molecule has 0 saturated carbocycles. The third-order valence-electron chi connectivity index (χ3n) is 5.41. The number of hydrogen-bond donors (Lipinski definition) is 1. The van der Waals surface area contributed by atoms with E-state index in [9.17, 15) is 4.79 Å². The van der Waals surface area contributed by atoms with Crippen molar-refractivity contribution >= 4 is 34.3 Å². The standard InChI is InChI=1S/C24H26N4O/c1-18-17-20(8-9-23(18)28-15-13-27(2)14-16-28)26-24(29)10-7-19-11-12-25-22-6-4-3-5-21(19)22/h3-12,17H,13-16H2,1-2H3,(H,26,29)/b10-7+. The molecular formula is C24H26N4O. The van der Waals surface area contributed by atoms with Crippen LogP contribution in [0.25, 0.3) is 17.0 Å². The minimum absolute atomic E-state index is 0.141. The van der Waals surface area contributed by atoms with E-state index >= 15 is 0 Å². The maximum Gasteiger partial charge on any atom is 0.248 e. The number of nitrogens with one attached hydrogen (secondary N) is 1. The highest BCUT2D eigenvalue weighted by Crippen LogP contribution is 2.25. The lowest BCUT2D eigenvalue weighted by Crippen LogP contribution is -2.44. The molecule has 1 aliphatic heterocycles. The van der Waals surface area contributed by atoms with Crippen LogP contribution in [0.4, 0.5) is 11.4 Å². The van der Waals surface area contributed by atoms with Crippen molar-refractivity contribution in [3.63, 3.8) is 0 Å². The number of aryl methyl sites for hydroxylation is 1. The molecule has 0 unspecified atom stereocenters. The number of benzene rings is 2. The molecule has 0 bridgehead atoms. The quantitative estimate of drug-likeness (QED) is 0.690. The summed E-state index contributed by atoms with van der Waals surface area (Å²) in [6.07, 6.45) is 5.18. The Kier molecular flexibility index (Phi) is 5.58. The molecule has 5 heteroatoms. The van der Waals surface area contributed by atoms with Crippen molar-refractivity contribution in [2.45, 2.75) is 6.92 Å². The number of anilines is 2. The van der Waals surface area contributed by atoms with Gasteiger partial charge in [-0.05, 0) is 61.5 Å². The number of piperazine rings is 1. The van der Waals surface area contributed by atoms with Gasteiger partial charge in [0, 0.05) is 55.2 Å². The van der Waals surface area contributed by atoms with Crippen molar-refractivity contribution in [3.8, 4) is 0 Å². The molecule has 2 heterocycles. The summed E-state index contributed by atoms with van der Waals surface area (Å²) in [6, 6.07) is 16.0. The zero-order valence-electron chi connectivity index (χ0n) is 16.9. The Morgan fingerprint density at radius 3 is 2.66 bits per heavy atom. The molecule has 29 heavy (non-hydrogen) atoms. The van der Waals surface area contributed by atoms with Gasteiger partial charge in [-0.25, -0.2) is 0 Å². The number of para-hydroxylation sites is 1. The first-order valence-electron chi connectivity index (χ1n) is 9.97. The van der Waals surface area contributed by atoms with E-state index in [1.807, 2.05) is 48.5 Å². The second kappa shape index (κ2) is 8.45. The maximum absolute atomic E-state index is 12.4. The third-order valence-corrected chi connectivity index (χ3v) is 5.41. The minimum Gasteiger partial charge on any atom is -0.369 e. The van der Waals surface area contributed by atoms with Crippen LogP contribution in [0.1, 0.15) is 11.1 Å². The first-order valence-corrected chi connectivity index (χ1v) is 9.97. The van der Waals surface area contributed by atoms with Gasteiger partial charge in [0.25, 0.3) is 0 Å². The van der Waals surface area contributed by atoms with Gasteiger partial charge in [-0.3, -0.25) is 9.78 Å². The van der Waals surface area contributed by atoms with E-state index in [4.69, 9.17) is 0 Å². The number of rotatable bonds is 4. The first kappa shape index (κ1) is 19.2. The van der Waals surface area contributed by atoms with Crippen molar-refractivity contribution in [2.75, 3.05) is 43.4 Å². The lowest BCUT2D eigenvalue weighted by molar-refractivity contribution is -0.111. The molecule has 2 aromatic carbocycles. The van der Waals surface area contributed by atoms with E-state index in [1.165, 1.54) is 11.3 Å². The highest BCUT2D eigenvalue weighted by atomic mass is 16.1. The van der Waals surface area contributed by atoms with Gasteiger partial charge >= 0.3 is 0 Å². The van der Waals surface area contributed by atoms with Crippen molar-refractivity contribution in [3.05, 3.63) is 71.9 Å². The second-order valence-electron chi connectivity index (χ2n) is 7.53. The van der Waals surface area contributed by atoms with Crippen molar-refractivity contribution < 1.29 is 4.79 Å². The van der Waals surface area contributed by atoms with Crippen LogP contribution in [-0.2, 0) is 4.79 Å². The highest BCUT2D eigenvalue weighted by Gasteiger charge is 2.16. The Morgan fingerprint density at radius 2 is 1.86 bits per heavy atom. The van der Waals surface area contributed by atoms with Crippen LogP contribution in [0.15, 0.2) is 60.8 Å². The Hall–Kier alpha value is -3.18. The Bertz CT molecular complexity index is 1050. The van der Waals surface area contributed by atoms with Crippen LogP contribution in [0.3, 0.4) is 0 Å². The number of aromatic nitrogens is 1. The second-order valence-corrected chi connectivity index (χ2v) is 7.53. The molecule has 1 fully saturated rings. The molecule has 1 saturated heterocycles. The third kappa shape index (κ3) is 4.46. The van der Waals surface area contributed by atoms with E-state index in [0.29, 0.717) is 0 Å². The largest absolute Gasteiger partial charge is 0.369 e. The molecule has 0 atom stereocenters. The zero-order chi connectivity index (χ0) is 20.2. The first-order chi connectivity index (χ1) is 14.1. The average Bonchev–Trinajstić information content (AvgIpc) is 2.73. The average molecular weight is 386 g/mol.